The fourth-order valence-corrected chi connectivity index (χ4v) is 5.21. The van der Waals surface area contributed by atoms with E-state index >= 15 is 0 Å². The number of rotatable bonds is 7. The van der Waals surface area contributed by atoms with Crippen molar-refractivity contribution in [3.8, 4) is 23.7 Å². The van der Waals surface area contributed by atoms with E-state index in [1.807, 2.05) is 30.3 Å². The van der Waals surface area contributed by atoms with Crippen LogP contribution in [0.1, 0.15) is 50.6 Å². The number of sulfonamides is 1. The lowest BCUT2D eigenvalue weighted by Crippen LogP contribution is -2.36. The largest absolute Gasteiger partial charge is 0.451 e. The van der Waals surface area contributed by atoms with Crippen LogP contribution in [0.2, 0.25) is 0 Å². The zero-order valence-corrected chi connectivity index (χ0v) is 20.0. The van der Waals surface area contributed by atoms with Crippen LogP contribution in [0.4, 0.5) is 0 Å². The van der Waals surface area contributed by atoms with Crippen LogP contribution in [0.15, 0.2) is 76.6 Å². The van der Waals surface area contributed by atoms with Gasteiger partial charge in [-0.3, -0.25) is 0 Å². The maximum atomic E-state index is 12.4. The molecule has 3 aromatic rings. The Hall–Kier alpha value is -3.12. The third-order valence-electron chi connectivity index (χ3n) is 5.70. The normalized spacial score (nSPS) is 15.9. The Labute approximate surface area is 201 Å². The maximum absolute atomic E-state index is 12.4. The summed E-state index contributed by atoms with van der Waals surface area (Å²) < 4.78 is 32.4. The average Bonchev–Trinajstić information content (AvgIpc) is 3.39. The molecule has 1 aromatic heterocycles. The monoisotopic (exact) mass is 481 g/mol. The zero-order chi connectivity index (χ0) is 24.4. The molecule has 0 saturated heterocycles. The van der Waals surface area contributed by atoms with Crippen LogP contribution in [-0.2, 0) is 10.0 Å². The SMILES string of the molecule is C#CN[C@@H](c1ccccc1)[C@@H](C)O.O=S(=O)(NC1CCCCC1)c1ccc(-c2cocn2)cc1. The van der Waals surface area contributed by atoms with Gasteiger partial charge in [0.05, 0.1) is 17.0 Å². The summed E-state index contributed by atoms with van der Waals surface area (Å²) in [7, 11) is -3.44. The van der Waals surface area contributed by atoms with E-state index in [4.69, 9.17) is 10.8 Å². The predicted molar refractivity (Wildman–Crippen MR) is 132 cm³/mol. The van der Waals surface area contributed by atoms with Crippen LogP contribution < -0.4 is 10.0 Å². The number of nitrogens with one attached hydrogen (secondary N) is 2. The van der Waals surface area contributed by atoms with Gasteiger partial charge in [0.15, 0.2) is 6.39 Å². The van der Waals surface area contributed by atoms with Gasteiger partial charge >= 0.3 is 0 Å². The Balaban J connectivity index is 0.000000215. The van der Waals surface area contributed by atoms with E-state index in [1.165, 1.54) is 19.1 Å². The molecular weight excluding hydrogens is 450 g/mol. The summed E-state index contributed by atoms with van der Waals surface area (Å²) in [6, 6.07) is 18.5. The molecule has 0 aliphatic heterocycles. The van der Waals surface area contributed by atoms with Crippen LogP contribution in [0.5, 0.6) is 0 Å². The first-order valence-corrected chi connectivity index (χ1v) is 12.8. The number of benzene rings is 2. The van der Waals surface area contributed by atoms with Crippen LogP contribution in [-0.4, -0.2) is 30.7 Å². The molecule has 34 heavy (non-hydrogen) atoms. The second kappa shape index (κ2) is 12.4. The molecule has 2 atom stereocenters. The van der Waals surface area contributed by atoms with Crippen molar-refractivity contribution in [1.82, 2.24) is 15.0 Å². The van der Waals surface area contributed by atoms with Crippen LogP contribution in [0.3, 0.4) is 0 Å². The number of hydrogen-bond donors (Lipinski definition) is 3. The molecule has 8 heteroatoms. The molecule has 1 heterocycles. The van der Waals surface area contributed by atoms with Crippen LogP contribution in [0.25, 0.3) is 11.3 Å². The van der Waals surface area contributed by atoms with Gasteiger partial charge in [0, 0.05) is 17.6 Å². The lowest BCUT2D eigenvalue weighted by molar-refractivity contribution is 0.154. The average molecular weight is 482 g/mol. The van der Waals surface area contributed by atoms with Gasteiger partial charge in [-0.25, -0.2) is 18.1 Å². The highest BCUT2D eigenvalue weighted by Crippen LogP contribution is 2.22. The molecular formula is C26H31N3O4S. The van der Waals surface area contributed by atoms with Gasteiger partial charge < -0.3 is 14.8 Å². The van der Waals surface area contributed by atoms with E-state index in [0.29, 0.717) is 10.6 Å². The van der Waals surface area contributed by atoms with Crippen molar-refractivity contribution in [3.63, 3.8) is 0 Å². The fraction of sp³-hybridized carbons (Fsp3) is 0.346. The second-order valence-electron chi connectivity index (χ2n) is 8.27. The summed E-state index contributed by atoms with van der Waals surface area (Å²) in [4.78, 5) is 4.33. The molecule has 7 nitrogen and oxygen atoms in total. The standard InChI is InChI=1S/C15H18N2O3S.C11H13NO/c18-21(19,17-13-4-2-1-3-5-13)14-8-6-12(7-9-14)15-10-20-11-16-15;1-3-12-11(9(2)13)10-7-5-4-6-8-10/h6-11,13,17H,1-5H2;1,4-9,11-13H,2H3/t;9-,11-/m.1/s1. The van der Waals surface area contributed by atoms with Gasteiger partial charge in [-0.05, 0) is 37.5 Å². The molecule has 0 radical (unpaired) electrons. The first kappa shape index (κ1) is 25.5. The fourth-order valence-electron chi connectivity index (χ4n) is 3.90. The topological polar surface area (TPSA) is 104 Å². The summed E-state index contributed by atoms with van der Waals surface area (Å²) >= 11 is 0. The summed E-state index contributed by atoms with van der Waals surface area (Å²) in [6.07, 6.45) is 12.8. The van der Waals surface area contributed by atoms with Crippen molar-refractivity contribution < 1.29 is 17.9 Å². The third-order valence-corrected chi connectivity index (χ3v) is 7.24. The van der Waals surface area contributed by atoms with E-state index in [1.54, 1.807) is 31.2 Å². The number of terminal acetylenes is 1. The summed E-state index contributed by atoms with van der Waals surface area (Å²) in [5, 5.41) is 12.2. The first-order valence-electron chi connectivity index (χ1n) is 11.4. The molecule has 2 aromatic carbocycles. The number of oxazole rings is 1. The van der Waals surface area contributed by atoms with E-state index in [0.717, 1.165) is 36.8 Å². The maximum Gasteiger partial charge on any atom is 0.240 e. The van der Waals surface area contributed by atoms with Crippen molar-refractivity contribution in [1.29, 1.82) is 0 Å². The molecule has 1 aliphatic rings. The van der Waals surface area contributed by atoms with E-state index in [-0.39, 0.29) is 12.1 Å². The number of nitrogens with zero attached hydrogens (tertiary/aromatic N) is 1. The Morgan fingerprint density at radius 2 is 1.76 bits per heavy atom. The summed E-state index contributed by atoms with van der Waals surface area (Å²) in [5.41, 5.74) is 2.52. The zero-order valence-electron chi connectivity index (χ0n) is 19.2. The van der Waals surface area contributed by atoms with Gasteiger partial charge in [0.1, 0.15) is 12.0 Å². The minimum atomic E-state index is -3.44. The lowest BCUT2D eigenvalue weighted by Gasteiger charge is -2.22. The summed E-state index contributed by atoms with van der Waals surface area (Å²) in [6.45, 7) is 1.71. The molecule has 1 aliphatic carbocycles. The Morgan fingerprint density at radius 3 is 2.32 bits per heavy atom. The van der Waals surface area contributed by atoms with Crippen molar-refractivity contribution in [2.75, 3.05) is 0 Å². The molecule has 0 unspecified atom stereocenters. The van der Waals surface area contributed by atoms with E-state index < -0.39 is 16.1 Å². The predicted octanol–water partition coefficient (Wildman–Crippen LogP) is 4.24. The molecule has 4 rings (SSSR count). The van der Waals surface area contributed by atoms with Gasteiger partial charge in [0.2, 0.25) is 10.0 Å². The highest BCUT2D eigenvalue weighted by Gasteiger charge is 2.21. The smallest absolute Gasteiger partial charge is 0.240 e. The van der Waals surface area contributed by atoms with Gasteiger partial charge in [0.25, 0.3) is 0 Å². The second-order valence-corrected chi connectivity index (χ2v) is 9.99. The molecule has 0 amide bonds. The quantitative estimate of drug-likeness (QED) is 0.344. The number of hydrogen-bond acceptors (Lipinski definition) is 6. The first-order chi connectivity index (χ1) is 16.4. The molecule has 180 valence electrons. The minimum absolute atomic E-state index is 0.0685. The van der Waals surface area contributed by atoms with Crippen LogP contribution in [0, 0.1) is 12.5 Å². The van der Waals surface area contributed by atoms with Gasteiger partial charge in [-0.15, -0.1) is 0 Å². The van der Waals surface area contributed by atoms with Crippen LogP contribution >= 0.6 is 0 Å². The molecule has 0 spiro atoms. The van der Waals surface area contributed by atoms with Crippen molar-refractivity contribution in [2.24, 2.45) is 0 Å². The molecule has 1 fully saturated rings. The highest BCUT2D eigenvalue weighted by atomic mass is 32.2. The Bertz CT molecular complexity index is 1130. The van der Waals surface area contributed by atoms with Gasteiger partial charge in [-0.1, -0.05) is 68.2 Å². The van der Waals surface area contributed by atoms with E-state index in [2.05, 4.69) is 21.1 Å². The Morgan fingerprint density at radius 1 is 1.09 bits per heavy atom. The van der Waals surface area contributed by atoms with E-state index in [9.17, 15) is 13.5 Å². The van der Waals surface area contributed by atoms with Crippen molar-refractivity contribution in [3.05, 3.63) is 72.8 Å². The molecule has 1 saturated carbocycles. The minimum Gasteiger partial charge on any atom is -0.451 e. The Kier molecular flexibility index (Phi) is 9.28. The number of aliphatic hydroxyl groups excluding tert-OH is 1. The summed E-state index contributed by atoms with van der Waals surface area (Å²) in [5.74, 6) is 0. The highest BCUT2D eigenvalue weighted by molar-refractivity contribution is 7.89. The molecule has 3 N–H and O–H groups in total. The van der Waals surface area contributed by atoms with Crippen molar-refractivity contribution in [2.45, 2.75) is 62.1 Å². The number of aromatic nitrogens is 1. The molecule has 0 bridgehead atoms. The van der Waals surface area contributed by atoms with Crippen molar-refractivity contribution >= 4 is 10.0 Å². The third kappa shape index (κ3) is 7.19. The lowest BCUT2D eigenvalue weighted by atomic mass is 9.96. The number of aliphatic hydroxyl groups is 1. The van der Waals surface area contributed by atoms with Gasteiger partial charge in [-0.2, -0.15) is 0 Å².